The molecule has 0 aliphatic heterocycles. The van der Waals surface area contributed by atoms with E-state index in [0.717, 1.165) is 6.42 Å². The molecule has 0 saturated carbocycles. The van der Waals surface area contributed by atoms with Gasteiger partial charge in [-0.1, -0.05) is 141 Å². The molecule has 0 bridgehead atoms. The molecule has 52 heavy (non-hydrogen) atoms. The van der Waals surface area contributed by atoms with E-state index in [1.165, 1.54) is 91.9 Å². The van der Waals surface area contributed by atoms with Crippen LogP contribution in [0.1, 0.15) is 42.5 Å². The number of thiophene rings is 1. The first-order valence-electron chi connectivity index (χ1n) is 18.5. The van der Waals surface area contributed by atoms with Gasteiger partial charge in [-0.25, -0.2) is 0 Å². The average Bonchev–Trinajstić information content (AvgIpc) is 3.73. The lowest BCUT2D eigenvalue weighted by Gasteiger charge is -2.43. The molecule has 1 nitrogen and oxygen atoms in total. The van der Waals surface area contributed by atoms with E-state index < -0.39 is 0 Å². The lowest BCUT2D eigenvalue weighted by atomic mass is 9.60. The number of nitrogens with zero attached hydrogens (tertiary/aromatic N) is 1. The molecule has 0 saturated heterocycles. The molecule has 2 heteroatoms. The zero-order valence-corrected chi connectivity index (χ0v) is 30.1. The Morgan fingerprint density at radius 2 is 1.46 bits per heavy atom. The molecule has 0 N–H and O–H groups in total. The molecule has 2 aromatic heterocycles. The summed E-state index contributed by atoms with van der Waals surface area (Å²) in [6.07, 6.45) is 19.8. The highest BCUT2D eigenvalue weighted by Crippen LogP contribution is 2.53. The first kappa shape index (κ1) is 30.0. The van der Waals surface area contributed by atoms with Crippen LogP contribution in [0, 0.1) is 17.3 Å². The second-order valence-corrected chi connectivity index (χ2v) is 16.1. The van der Waals surface area contributed by atoms with Crippen molar-refractivity contribution in [3.05, 3.63) is 197 Å². The molecule has 0 fully saturated rings. The topological polar surface area (TPSA) is 4.93 Å². The zero-order valence-electron chi connectivity index (χ0n) is 29.3. The second-order valence-electron chi connectivity index (χ2n) is 15.1. The van der Waals surface area contributed by atoms with Crippen molar-refractivity contribution in [2.24, 2.45) is 17.3 Å². The van der Waals surface area contributed by atoms with Crippen LogP contribution in [-0.2, 0) is 0 Å². The summed E-state index contributed by atoms with van der Waals surface area (Å²) in [4.78, 5) is 0. The number of allylic oxidation sites excluding steroid dienone is 9. The molecule has 0 radical (unpaired) electrons. The predicted octanol–water partition coefficient (Wildman–Crippen LogP) is 11.5. The van der Waals surface area contributed by atoms with Gasteiger partial charge >= 0.3 is 0 Å². The largest absolute Gasteiger partial charge is 0.309 e. The third-order valence-corrected chi connectivity index (χ3v) is 13.3. The maximum atomic E-state index is 2.61. The third kappa shape index (κ3) is 4.16. The molecule has 248 valence electrons. The summed E-state index contributed by atoms with van der Waals surface area (Å²) in [5, 5.41) is 6.68. The number of rotatable bonds is 3. The third-order valence-electron chi connectivity index (χ3n) is 12.2. The van der Waals surface area contributed by atoms with Gasteiger partial charge in [0.05, 0.1) is 10.9 Å². The Morgan fingerprint density at radius 1 is 0.712 bits per heavy atom. The Hall–Kier alpha value is -5.70. The number of para-hydroxylation sites is 1. The summed E-state index contributed by atoms with van der Waals surface area (Å²) < 4.78 is 5.23. The normalized spacial score (nSPS) is 21.6. The van der Waals surface area contributed by atoms with Crippen LogP contribution in [0.4, 0.5) is 0 Å². The summed E-state index contributed by atoms with van der Waals surface area (Å²) in [5.74, 6) is 0.682. The van der Waals surface area contributed by atoms with Gasteiger partial charge in [0.25, 0.3) is 0 Å². The molecular weight excluding hydrogens is 647 g/mol. The molecule has 0 amide bonds. The van der Waals surface area contributed by atoms with Gasteiger partial charge in [0, 0.05) is 47.8 Å². The van der Waals surface area contributed by atoms with Gasteiger partial charge in [0.15, 0.2) is 0 Å². The minimum Gasteiger partial charge on any atom is -0.309 e. The zero-order chi connectivity index (χ0) is 34.6. The Kier molecular flexibility index (Phi) is 6.43. The molecule has 5 aromatic carbocycles. The molecule has 0 spiro atoms. The molecule has 3 unspecified atom stereocenters. The van der Waals surface area contributed by atoms with E-state index >= 15 is 0 Å². The van der Waals surface area contributed by atoms with Crippen LogP contribution in [-0.4, -0.2) is 4.57 Å². The van der Waals surface area contributed by atoms with E-state index in [0.29, 0.717) is 5.92 Å². The lowest BCUT2D eigenvalue weighted by Crippen LogP contribution is -2.47. The highest BCUT2D eigenvalue weighted by atomic mass is 32.1. The Balaban J connectivity index is 1.20. The van der Waals surface area contributed by atoms with Gasteiger partial charge < -0.3 is 4.57 Å². The molecule has 2 heterocycles. The standard InChI is InChI=1S/C50H37NS/c1-31-13-3-4-14-35(31)32-22-25-34(26-23-32)51-44-20-9-7-18-39(44)48-47-38-17-6-5-15-36(38)40(30-43(47)50(2)28-12-11-19-42(50)49(48)51)33-24-27-46-41(29-33)37-16-8-10-21-45(37)52-46/h3-12,14-31,43H,13H2,1-2H3. The van der Waals surface area contributed by atoms with Gasteiger partial charge in [0.2, 0.25) is 0 Å². The molecule has 4 aliphatic carbocycles. The molecule has 4 aliphatic rings. The highest BCUT2D eigenvalue weighted by molar-refractivity contribution is 7.25. The van der Waals surface area contributed by atoms with Crippen LogP contribution in [0.15, 0.2) is 164 Å². The highest BCUT2D eigenvalue weighted by Gasteiger charge is 2.44. The minimum absolute atomic E-state index is 0.158. The van der Waals surface area contributed by atoms with Crippen molar-refractivity contribution < 1.29 is 0 Å². The van der Waals surface area contributed by atoms with E-state index in [2.05, 4.69) is 182 Å². The Labute approximate surface area is 307 Å². The molecule has 7 aromatic rings. The van der Waals surface area contributed by atoms with Crippen LogP contribution in [0.3, 0.4) is 0 Å². The Bertz CT molecular complexity index is 2950. The van der Waals surface area contributed by atoms with Gasteiger partial charge in [-0.15, -0.1) is 11.3 Å². The second kappa shape index (κ2) is 11.1. The van der Waals surface area contributed by atoms with E-state index in [-0.39, 0.29) is 11.3 Å². The summed E-state index contributed by atoms with van der Waals surface area (Å²) in [7, 11) is 0. The Morgan fingerprint density at radius 3 is 2.33 bits per heavy atom. The maximum absolute atomic E-state index is 2.61. The first-order valence-corrected chi connectivity index (χ1v) is 19.4. The smallest absolute Gasteiger partial charge is 0.0585 e. The van der Waals surface area contributed by atoms with Crippen molar-refractivity contribution in [3.63, 3.8) is 0 Å². The summed E-state index contributed by atoms with van der Waals surface area (Å²) in [5.41, 5.74) is 13.0. The quantitative estimate of drug-likeness (QED) is 0.175. The van der Waals surface area contributed by atoms with Crippen molar-refractivity contribution in [1.29, 1.82) is 0 Å². The number of fused-ring (bicyclic) bond motifs is 11. The average molecular weight is 684 g/mol. The van der Waals surface area contributed by atoms with Gasteiger partial charge in [-0.2, -0.15) is 0 Å². The van der Waals surface area contributed by atoms with Crippen LogP contribution < -0.4 is 10.6 Å². The number of hydrogen-bond donors (Lipinski definition) is 0. The first-order chi connectivity index (χ1) is 25.6. The number of benzene rings is 5. The SMILES string of the molecule is CC1CC=CC=C1c1ccc(-n2c3c(c4ccccc42)=C2c4ccccc4C(c4ccc5sc6ccccc6c5c4)=CC2C2(C)C=CC=CC=32)cc1. The summed E-state index contributed by atoms with van der Waals surface area (Å²) in [6, 6.07) is 43.5. The minimum atomic E-state index is -0.240. The summed E-state index contributed by atoms with van der Waals surface area (Å²) in [6.45, 7) is 4.79. The number of aromatic nitrogens is 1. The van der Waals surface area contributed by atoms with Crippen LogP contribution in [0.5, 0.6) is 0 Å². The summed E-state index contributed by atoms with van der Waals surface area (Å²) >= 11 is 1.89. The fraction of sp³-hybridized carbons (Fsp3) is 0.120. The van der Waals surface area contributed by atoms with Crippen LogP contribution in [0.25, 0.3) is 59.1 Å². The monoisotopic (exact) mass is 683 g/mol. The fourth-order valence-corrected chi connectivity index (χ4v) is 10.7. The molecular formula is C50H37NS. The number of hydrogen-bond acceptors (Lipinski definition) is 1. The van der Waals surface area contributed by atoms with Crippen molar-refractivity contribution in [3.8, 4) is 5.69 Å². The predicted molar refractivity (Wildman–Crippen MR) is 222 cm³/mol. The van der Waals surface area contributed by atoms with Gasteiger partial charge in [-0.3, -0.25) is 0 Å². The van der Waals surface area contributed by atoms with Crippen molar-refractivity contribution in [2.45, 2.75) is 20.3 Å². The van der Waals surface area contributed by atoms with E-state index in [9.17, 15) is 0 Å². The molecule has 3 atom stereocenters. The van der Waals surface area contributed by atoms with E-state index in [1.807, 2.05) is 11.3 Å². The fourth-order valence-electron chi connectivity index (χ4n) is 9.62. The van der Waals surface area contributed by atoms with Crippen molar-refractivity contribution in [1.82, 2.24) is 4.57 Å². The van der Waals surface area contributed by atoms with Crippen molar-refractivity contribution >= 4 is 64.7 Å². The van der Waals surface area contributed by atoms with E-state index in [4.69, 9.17) is 0 Å². The van der Waals surface area contributed by atoms with Crippen molar-refractivity contribution in [2.75, 3.05) is 0 Å². The van der Waals surface area contributed by atoms with Crippen LogP contribution in [0.2, 0.25) is 0 Å². The van der Waals surface area contributed by atoms with Crippen LogP contribution >= 0.6 is 11.3 Å². The van der Waals surface area contributed by atoms with Gasteiger partial charge in [-0.05, 0) is 93.3 Å². The lowest BCUT2D eigenvalue weighted by molar-refractivity contribution is 0.481. The molecule has 11 rings (SSSR count). The van der Waals surface area contributed by atoms with E-state index in [1.54, 1.807) is 0 Å². The maximum Gasteiger partial charge on any atom is 0.0585 e. The van der Waals surface area contributed by atoms with Gasteiger partial charge in [0.1, 0.15) is 0 Å².